The monoisotopic (exact) mass is 689 g/mol. The number of rotatable bonds is 8. The highest BCUT2D eigenvalue weighted by molar-refractivity contribution is 6.33. The van der Waals surface area contributed by atoms with Gasteiger partial charge in [0.05, 0.1) is 10.7 Å². The molecule has 1 aromatic carbocycles. The van der Waals surface area contributed by atoms with Crippen molar-refractivity contribution in [3.63, 3.8) is 0 Å². The first-order valence-electron chi connectivity index (χ1n) is 17.6. The van der Waals surface area contributed by atoms with Crippen molar-refractivity contribution in [2.24, 2.45) is 23.7 Å². The van der Waals surface area contributed by atoms with Gasteiger partial charge in [0, 0.05) is 51.1 Å². The van der Waals surface area contributed by atoms with Crippen LogP contribution in [0.3, 0.4) is 0 Å². The summed E-state index contributed by atoms with van der Waals surface area (Å²) < 4.78 is 12.1. The third-order valence-corrected chi connectivity index (χ3v) is 12.3. The number of carbonyl (C=O) groups excluding carboxylic acids is 2. The third-order valence-electron chi connectivity index (χ3n) is 12.0. The third kappa shape index (κ3) is 6.18. The second-order valence-corrected chi connectivity index (χ2v) is 15.4. The van der Waals surface area contributed by atoms with Gasteiger partial charge in [0.2, 0.25) is 0 Å². The topological polar surface area (TPSA) is 141 Å². The molecule has 2 saturated heterocycles. The number of para-hydroxylation sites is 1. The summed E-state index contributed by atoms with van der Waals surface area (Å²) in [5.74, 6) is -1.48. The average Bonchev–Trinajstić information content (AvgIpc) is 3.39. The van der Waals surface area contributed by atoms with Gasteiger partial charge in [0.25, 0.3) is 0 Å². The molecule has 12 heteroatoms. The number of anilines is 1. The summed E-state index contributed by atoms with van der Waals surface area (Å²) in [6, 6.07) is 4.60. The number of piperidine rings is 1. The van der Waals surface area contributed by atoms with Crippen LogP contribution in [0.4, 0.5) is 5.69 Å². The first kappa shape index (κ1) is 35.6. The molecule has 3 fully saturated rings. The van der Waals surface area contributed by atoms with Gasteiger partial charge in [-0.3, -0.25) is 24.8 Å². The van der Waals surface area contributed by atoms with Crippen LogP contribution in [-0.2, 0) is 29.5 Å². The molecular formula is C36H52ClN3O8. The van der Waals surface area contributed by atoms with Gasteiger partial charge in [-0.2, -0.15) is 0 Å². The van der Waals surface area contributed by atoms with Gasteiger partial charge >= 0.3 is 11.9 Å². The van der Waals surface area contributed by atoms with E-state index in [1.807, 2.05) is 19.9 Å². The van der Waals surface area contributed by atoms with Crippen LogP contribution in [-0.4, -0.2) is 95.0 Å². The number of nitrogens with zero attached hydrogens (tertiary/aromatic N) is 2. The second kappa shape index (κ2) is 13.8. The van der Waals surface area contributed by atoms with E-state index in [0.717, 1.165) is 50.8 Å². The summed E-state index contributed by atoms with van der Waals surface area (Å²) in [6.07, 6.45) is 4.71. The molecule has 11 nitrogen and oxygen atoms in total. The Morgan fingerprint density at radius 1 is 1.19 bits per heavy atom. The highest BCUT2D eigenvalue weighted by Crippen LogP contribution is 2.53. The number of aliphatic hydroxyl groups is 3. The van der Waals surface area contributed by atoms with E-state index in [1.54, 1.807) is 25.2 Å². The zero-order valence-corrected chi connectivity index (χ0v) is 29.5. The van der Waals surface area contributed by atoms with Crippen molar-refractivity contribution in [3.8, 4) is 0 Å². The van der Waals surface area contributed by atoms with E-state index in [1.165, 1.54) is 18.4 Å². The van der Waals surface area contributed by atoms with E-state index in [0.29, 0.717) is 22.3 Å². The first-order chi connectivity index (χ1) is 22.8. The lowest BCUT2D eigenvalue weighted by Gasteiger charge is -2.56. The van der Waals surface area contributed by atoms with Crippen LogP contribution in [0.5, 0.6) is 0 Å². The van der Waals surface area contributed by atoms with Crippen LogP contribution in [0.1, 0.15) is 78.2 Å². The average molecular weight is 690 g/mol. The zero-order chi connectivity index (χ0) is 34.5. The molecule has 1 unspecified atom stereocenters. The number of hydroxylamine groups is 1. The lowest BCUT2D eigenvalue weighted by Crippen LogP contribution is -2.66. The molecule has 48 heavy (non-hydrogen) atoms. The largest absolute Gasteiger partial charge is 0.454 e. The minimum absolute atomic E-state index is 0.0423. The van der Waals surface area contributed by atoms with Gasteiger partial charge in [-0.1, -0.05) is 50.1 Å². The fraction of sp³-hybridized carbons (Fsp3) is 0.722. The van der Waals surface area contributed by atoms with Crippen LogP contribution in [0, 0.1) is 23.7 Å². The molecule has 5 aliphatic rings. The number of ether oxygens (including phenoxy) is 2. The number of hydrogen-bond donors (Lipinski definition) is 4. The van der Waals surface area contributed by atoms with E-state index in [-0.39, 0.29) is 36.7 Å². The van der Waals surface area contributed by atoms with Gasteiger partial charge in [-0.05, 0) is 75.0 Å². The number of carbonyl (C=O) groups is 2. The molecule has 2 aliphatic carbocycles. The molecule has 6 rings (SSSR count). The van der Waals surface area contributed by atoms with Gasteiger partial charge in [0.15, 0.2) is 18.4 Å². The maximum atomic E-state index is 14.1. The van der Waals surface area contributed by atoms with E-state index in [2.05, 4.69) is 17.1 Å². The summed E-state index contributed by atoms with van der Waals surface area (Å²) in [7, 11) is 1.69. The number of hydrogen-bond acceptors (Lipinski definition) is 11. The van der Waals surface area contributed by atoms with Crippen molar-refractivity contribution in [1.82, 2.24) is 10.2 Å². The lowest BCUT2D eigenvalue weighted by molar-refractivity contribution is -0.225. The van der Waals surface area contributed by atoms with E-state index >= 15 is 0 Å². The lowest BCUT2D eigenvalue weighted by atomic mass is 9.55. The minimum Gasteiger partial charge on any atom is -0.454 e. The molecule has 11 atom stereocenters. The quantitative estimate of drug-likeness (QED) is 0.235. The standard InChI is InChI=1S/C36H52ClN3O8/c1-20-17-27-25(21(2)19-40-15-7-6-9-24(40)14-16-41)13-12-22(3)36(27,45)32(31(20)46-23(4)42)47-33(43)29-18-35(44)26-10-8-11-28(37)30(26)39(5)48-34(35)38-29/h8,10-11,17,21-22,24-25,27,29,31-32,34,38,41,44-45H,6-7,9,12-16,18-19H2,1-5H3/t21?,22-,24+,25+,27-,29+,31-,32+,34-,35-,36-/m1/s1. The fourth-order valence-electron chi connectivity index (χ4n) is 9.44. The molecule has 1 saturated carbocycles. The molecule has 4 N–H and O–H groups in total. The van der Waals surface area contributed by atoms with E-state index < -0.39 is 47.6 Å². The number of benzene rings is 1. The van der Waals surface area contributed by atoms with Crippen LogP contribution in [0.2, 0.25) is 5.02 Å². The number of esters is 2. The van der Waals surface area contributed by atoms with Crippen LogP contribution < -0.4 is 10.4 Å². The van der Waals surface area contributed by atoms with Crippen molar-refractivity contribution < 1.29 is 39.2 Å². The van der Waals surface area contributed by atoms with Gasteiger partial charge in [-0.25, -0.2) is 0 Å². The Hall–Kier alpha value is -2.25. The number of fused-ring (bicyclic) bond motifs is 4. The van der Waals surface area contributed by atoms with Gasteiger partial charge in [-0.15, -0.1) is 0 Å². The predicted octanol–water partition coefficient (Wildman–Crippen LogP) is 3.67. The van der Waals surface area contributed by atoms with Gasteiger partial charge < -0.3 is 29.7 Å². The number of nitrogens with one attached hydrogen (secondary N) is 1. The van der Waals surface area contributed by atoms with Crippen molar-refractivity contribution in [3.05, 3.63) is 40.4 Å². The molecule has 1 aromatic rings. The zero-order valence-electron chi connectivity index (χ0n) is 28.7. The van der Waals surface area contributed by atoms with Crippen molar-refractivity contribution >= 4 is 29.2 Å². The second-order valence-electron chi connectivity index (χ2n) is 15.0. The van der Waals surface area contributed by atoms with Crippen molar-refractivity contribution in [2.45, 2.75) is 114 Å². The predicted molar refractivity (Wildman–Crippen MR) is 180 cm³/mol. The molecule has 0 radical (unpaired) electrons. The van der Waals surface area contributed by atoms with Crippen LogP contribution in [0.15, 0.2) is 29.8 Å². The number of aliphatic hydroxyl groups excluding tert-OH is 1. The molecule has 266 valence electrons. The Morgan fingerprint density at radius 2 is 1.96 bits per heavy atom. The smallest absolute Gasteiger partial charge is 0.323 e. The highest BCUT2D eigenvalue weighted by atomic mass is 35.5. The maximum absolute atomic E-state index is 14.1. The Bertz CT molecular complexity index is 1410. The number of halogens is 1. The highest BCUT2D eigenvalue weighted by Gasteiger charge is 2.62. The van der Waals surface area contributed by atoms with Crippen molar-refractivity contribution in [1.29, 1.82) is 0 Å². The summed E-state index contributed by atoms with van der Waals surface area (Å²) in [5, 5.41) is 39.4. The molecular weight excluding hydrogens is 638 g/mol. The SMILES string of the molecule is CC(=O)O[C@@H]1C(C)=C[C@@H]2[C@H](C(C)CN3CCCC[C@H]3CCO)CC[C@@H](C)[C@]2(O)[C@H]1OC(=O)[C@@H]1C[C@@]2(O)c3cccc(Cl)c3N(C)O[C@H]2N1. The van der Waals surface area contributed by atoms with Crippen molar-refractivity contribution in [2.75, 3.05) is 31.8 Å². The summed E-state index contributed by atoms with van der Waals surface area (Å²) >= 11 is 6.46. The summed E-state index contributed by atoms with van der Waals surface area (Å²) in [5.41, 5.74) is -1.26. The number of likely N-dealkylation sites (tertiary alicyclic amines) is 1. The molecule has 0 aromatic heterocycles. The van der Waals surface area contributed by atoms with E-state index in [4.69, 9.17) is 25.9 Å². The molecule has 0 spiro atoms. The van der Waals surface area contributed by atoms with Gasteiger partial charge in [0.1, 0.15) is 17.2 Å². The fourth-order valence-corrected chi connectivity index (χ4v) is 9.74. The Labute approximate surface area is 288 Å². The molecule has 0 amide bonds. The normalized spacial score (nSPS) is 38.7. The molecule has 0 bridgehead atoms. The molecule has 3 heterocycles. The molecule has 3 aliphatic heterocycles. The summed E-state index contributed by atoms with van der Waals surface area (Å²) in [4.78, 5) is 35.0. The van der Waals surface area contributed by atoms with Crippen LogP contribution in [0.25, 0.3) is 0 Å². The van der Waals surface area contributed by atoms with Crippen LogP contribution >= 0.6 is 11.6 Å². The summed E-state index contributed by atoms with van der Waals surface area (Å²) in [6.45, 7) is 9.41. The first-order valence-corrected chi connectivity index (χ1v) is 18.0. The Kier molecular flexibility index (Phi) is 10.2. The Balaban J connectivity index is 1.27. The van der Waals surface area contributed by atoms with E-state index in [9.17, 15) is 24.9 Å². The maximum Gasteiger partial charge on any atom is 0.323 e. The minimum atomic E-state index is -1.56. The Morgan fingerprint density at radius 3 is 2.69 bits per heavy atom.